The summed E-state index contributed by atoms with van der Waals surface area (Å²) in [6.45, 7) is 1.77. The normalized spacial score (nSPS) is 15.1. The Bertz CT molecular complexity index is 1050. The molecule has 7 nitrogen and oxygen atoms in total. The SMILES string of the molecule is O=C(CSc1nnc(C2CC2)n1Cc1ccccc1)Nc1ccc2c(c1)OCCO2. The zero-order valence-electron chi connectivity index (χ0n) is 16.4. The van der Waals surface area contributed by atoms with Crippen molar-refractivity contribution in [3.8, 4) is 11.5 Å². The van der Waals surface area contributed by atoms with Crippen molar-refractivity contribution in [3.05, 3.63) is 59.9 Å². The third-order valence-electron chi connectivity index (χ3n) is 5.03. The van der Waals surface area contributed by atoms with E-state index in [1.165, 1.54) is 17.3 Å². The molecule has 30 heavy (non-hydrogen) atoms. The summed E-state index contributed by atoms with van der Waals surface area (Å²) in [4.78, 5) is 12.5. The molecule has 2 aliphatic rings. The number of hydrogen-bond acceptors (Lipinski definition) is 6. The third-order valence-corrected chi connectivity index (χ3v) is 6.00. The molecule has 1 aromatic heterocycles. The fraction of sp³-hybridized carbons (Fsp3) is 0.318. The molecule has 154 valence electrons. The maximum atomic E-state index is 12.5. The summed E-state index contributed by atoms with van der Waals surface area (Å²) in [6, 6.07) is 15.7. The molecule has 8 heteroatoms. The van der Waals surface area contributed by atoms with Crippen LogP contribution in [0.1, 0.15) is 30.1 Å². The Labute approximate surface area is 178 Å². The fourth-order valence-electron chi connectivity index (χ4n) is 3.41. The minimum atomic E-state index is -0.0982. The van der Waals surface area contributed by atoms with Gasteiger partial charge in [-0.25, -0.2) is 0 Å². The van der Waals surface area contributed by atoms with Crippen LogP contribution in [-0.2, 0) is 11.3 Å². The third kappa shape index (κ3) is 4.28. The van der Waals surface area contributed by atoms with Crippen molar-refractivity contribution in [3.63, 3.8) is 0 Å². The van der Waals surface area contributed by atoms with Crippen molar-refractivity contribution in [1.82, 2.24) is 14.8 Å². The van der Waals surface area contributed by atoms with Gasteiger partial charge in [-0.1, -0.05) is 42.1 Å². The first-order chi connectivity index (χ1) is 14.8. The van der Waals surface area contributed by atoms with Gasteiger partial charge in [-0.15, -0.1) is 10.2 Å². The number of ether oxygens (including phenoxy) is 2. The number of nitrogens with zero attached hydrogens (tertiary/aromatic N) is 3. The number of fused-ring (bicyclic) bond motifs is 1. The van der Waals surface area contributed by atoms with Crippen LogP contribution in [0.5, 0.6) is 11.5 Å². The number of amides is 1. The minimum absolute atomic E-state index is 0.0982. The lowest BCUT2D eigenvalue weighted by Gasteiger charge is -2.19. The molecule has 2 heterocycles. The monoisotopic (exact) mass is 422 g/mol. The second-order valence-electron chi connectivity index (χ2n) is 7.38. The van der Waals surface area contributed by atoms with Gasteiger partial charge in [0.2, 0.25) is 5.91 Å². The molecule has 0 bridgehead atoms. The summed E-state index contributed by atoms with van der Waals surface area (Å²) in [6.07, 6.45) is 2.31. The number of aromatic nitrogens is 3. The highest BCUT2D eigenvalue weighted by molar-refractivity contribution is 7.99. The van der Waals surface area contributed by atoms with Crippen molar-refractivity contribution in [2.45, 2.75) is 30.5 Å². The number of benzene rings is 2. The Balaban J connectivity index is 1.25. The quantitative estimate of drug-likeness (QED) is 0.585. The van der Waals surface area contributed by atoms with Gasteiger partial charge >= 0.3 is 0 Å². The number of nitrogens with one attached hydrogen (secondary N) is 1. The molecule has 0 atom stereocenters. The highest BCUT2D eigenvalue weighted by Gasteiger charge is 2.30. The van der Waals surface area contributed by atoms with Crippen molar-refractivity contribution in [2.75, 3.05) is 24.3 Å². The van der Waals surface area contributed by atoms with Gasteiger partial charge in [0.15, 0.2) is 16.7 Å². The maximum Gasteiger partial charge on any atom is 0.234 e. The smallest absolute Gasteiger partial charge is 0.234 e. The molecule has 5 rings (SSSR count). The fourth-order valence-corrected chi connectivity index (χ4v) is 4.16. The average molecular weight is 423 g/mol. The van der Waals surface area contributed by atoms with Crippen LogP contribution in [0.2, 0.25) is 0 Å². The second kappa shape index (κ2) is 8.39. The molecular weight excluding hydrogens is 400 g/mol. The zero-order valence-corrected chi connectivity index (χ0v) is 17.2. The molecule has 2 aromatic carbocycles. The molecule has 1 fully saturated rings. The first kappa shape index (κ1) is 19.0. The van der Waals surface area contributed by atoms with Gasteiger partial charge in [0.05, 0.1) is 12.3 Å². The molecule has 1 aliphatic carbocycles. The number of hydrogen-bond donors (Lipinski definition) is 1. The lowest BCUT2D eigenvalue weighted by Crippen LogP contribution is -2.17. The minimum Gasteiger partial charge on any atom is -0.486 e. The molecule has 0 spiro atoms. The summed E-state index contributed by atoms with van der Waals surface area (Å²) in [5, 5.41) is 12.5. The first-order valence-corrected chi connectivity index (χ1v) is 11.0. The number of carbonyl (C=O) groups excluding carboxylic acids is 1. The molecule has 1 aliphatic heterocycles. The van der Waals surface area contributed by atoms with Crippen LogP contribution in [0, 0.1) is 0 Å². The lowest BCUT2D eigenvalue weighted by atomic mass is 10.2. The van der Waals surface area contributed by atoms with Gasteiger partial charge in [0, 0.05) is 17.7 Å². The predicted octanol–water partition coefficient (Wildman–Crippen LogP) is 3.71. The molecule has 3 aromatic rings. The van der Waals surface area contributed by atoms with E-state index in [1.54, 1.807) is 6.07 Å². The van der Waals surface area contributed by atoms with E-state index in [-0.39, 0.29) is 11.7 Å². The van der Waals surface area contributed by atoms with Crippen LogP contribution >= 0.6 is 11.8 Å². The molecule has 0 unspecified atom stereocenters. The molecule has 0 radical (unpaired) electrons. The second-order valence-corrected chi connectivity index (χ2v) is 8.32. The molecular formula is C22H22N4O3S. The van der Waals surface area contributed by atoms with Crippen LogP contribution < -0.4 is 14.8 Å². The Morgan fingerprint density at radius 1 is 1.07 bits per heavy atom. The number of thioether (sulfide) groups is 1. The van der Waals surface area contributed by atoms with Crippen molar-refractivity contribution in [1.29, 1.82) is 0 Å². The van der Waals surface area contributed by atoms with E-state index in [0.717, 1.165) is 23.8 Å². The van der Waals surface area contributed by atoms with E-state index in [2.05, 4.69) is 32.2 Å². The van der Waals surface area contributed by atoms with E-state index in [4.69, 9.17) is 9.47 Å². The highest BCUT2D eigenvalue weighted by atomic mass is 32.2. The number of rotatable bonds is 7. The van der Waals surface area contributed by atoms with Crippen molar-refractivity contribution < 1.29 is 14.3 Å². The molecule has 1 saturated carbocycles. The first-order valence-electron chi connectivity index (χ1n) is 10.1. The van der Waals surface area contributed by atoms with E-state index < -0.39 is 0 Å². The van der Waals surface area contributed by atoms with E-state index in [9.17, 15) is 4.79 Å². The maximum absolute atomic E-state index is 12.5. The van der Waals surface area contributed by atoms with Crippen LogP contribution in [0.4, 0.5) is 5.69 Å². The van der Waals surface area contributed by atoms with Crippen LogP contribution in [0.15, 0.2) is 53.7 Å². The summed E-state index contributed by atoms with van der Waals surface area (Å²) in [5.41, 5.74) is 1.89. The summed E-state index contributed by atoms with van der Waals surface area (Å²) in [5.74, 6) is 3.03. The Kier molecular flexibility index (Phi) is 5.31. The topological polar surface area (TPSA) is 78.3 Å². The van der Waals surface area contributed by atoms with E-state index >= 15 is 0 Å². The number of carbonyl (C=O) groups is 1. The van der Waals surface area contributed by atoms with Gasteiger partial charge in [0.25, 0.3) is 0 Å². The summed E-state index contributed by atoms with van der Waals surface area (Å²) < 4.78 is 13.2. The highest BCUT2D eigenvalue weighted by Crippen LogP contribution is 2.40. The Hall–Kier alpha value is -3.00. The standard InChI is InChI=1S/C22H22N4O3S/c27-20(23-17-8-9-18-19(12-17)29-11-10-28-18)14-30-22-25-24-21(16-6-7-16)26(22)13-15-4-2-1-3-5-15/h1-5,8-9,12,16H,6-7,10-11,13-14H2,(H,23,27). The summed E-state index contributed by atoms with van der Waals surface area (Å²) >= 11 is 1.41. The van der Waals surface area contributed by atoms with Gasteiger partial charge in [-0.2, -0.15) is 0 Å². The van der Waals surface area contributed by atoms with E-state index in [1.807, 2.05) is 30.3 Å². The molecule has 1 amide bonds. The predicted molar refractivity (Wildman–Crippen MR) is 114 cm³/mol. The lowest BCUT2D eigenvalue weighted by molar-refractivity contribution is -0.113. The summed E-state index contributed by atoms with van der Waals surface area (Å²) in [7, 11) is 0. The average Bonchev–Trinajstić information content (AvgIpc) is 3.54. The largest absolute Gasteiger partial charge is 0.486 e. The van der Waals surface area contributed by atoms with Gasteiger partial charge in [-0.05, 0) is 30.5 Å². The zero-order chi connectivity index (χ0) is 20.3. The van der Waals surface area contributed by atoms with Gasteiger partial charge in [0.1, 0.15) is 19.0 Å². The van der Waals surface area contributed by atoms with Crippen molar-refractivity contribution >= 4 is 23.4 Å². The number of anilines is 1. The molecule has 0 saturated heterocycles. The van der Waals surface area contributed by atoms with Crippen molar-refractivity contribution in [2.24, 2.45) is 0 Å². The van der Waals surface area contributed by atoms with E-state index in [0.29, 0.717) is 42.9 Å². The van der Waals surface area contributed by atoms with Crippen LogP contribution in [0.3, 0.4) is 0 Å². The van der Waals surface area contributed by atoms with Crippen LogP contribution in [0.25, 0.3) is 0 Å². The van der Waals surface area contributed by atoms with Gasteiger partial charge < -0.3 is 19.4 Å². The molecule has 1 N–H and O–H groups in total. The Morgan fingerprint density at radius 3 is 2.67 bits per heavy atom. The van der Waals surface area contributed by atoms with Crippen LogP contribution in [-0.4, -0.2) is 39.6 Å². The Morgan fingerprint density at radius 2 is 1.87 bits per heavy atom. The van der Waals surface area contributed by atoms with Gasteiger partial charge in [-0.3, -0.25) is 4.79 Å².